The second-order valence-corrected chi connectivity index (χ2v) is 4.50. The van der Waals surface area contributed by atoms with Gasteiger partial charge in [0, 0.05) is 12.1 Å². The Morgan fingerprint density at radius 2 is 2.18 bits per heavy atom. The number of nitriles is 1. The van der Waals surface area contributed by atoms with E-state index in [0.717, 1.165) is 30.8 Å². The van der Waals surface area contributed by atoms with Crippen LogP contribution in [0.4, 0.5) is 0 Å². The molecule has 0 amide bonds. The van der Waals surface area contributed by atoms with Crippen LogP contribution in [0, 0.1) is 17.2 Å². The van der Waals surface area contributed by atoms with E-state index in [1.54, 1.807) is 13.2 Å². The summed E-state index contributed by atoms with van der Waals surface area (Å²) in [5.74, 6) is 1.54. The molecule has 1 aromatic rings. The zero-order valence-electron chi connectivity index (χ0n) is 10.8. The average molecular weight is 232 g/mol. The zero-order valence-corrected chi connectivity index (χ0v) is 10.8. The minimum atomic E-state index is 0.673. The molecule has 1 rings (SSSR count). The van der Waals surface area contributed by atoms with E-state index in [4.69, 9.17) is 10.00 Å². The number of nitrogens with zero attached hydrogens (tertiary/aromatic N) is 1. The number of ether oxygens (including phenoxy) is 1. The van der Waals surface area contributed by atoms with E-state index in [0.29, 0.717) is 11.5 Å². The molecule has 0 fully saturated rings. The Hall–Kier alpha value is -1.53. The van der Waals surface area contributed by atoms with Gasteiger partial charge in [-0.1, -0.05) is 13.8 Å². The summed E-state index contributed by atoms with van der Waals surface area (Å²) in [6, 6.07) is 7.64. The van der Waals surface area contributed by atoms with E-state index in [2.05, 4.69) is 25.2 Å². The molecule has 0 heterocycles. The Morgan fingerprint density at radius 1 is 1.41 bits per heavy atom. The van der Waals surface area contributed by atoms with Gasteiger partial charge in [-0.15, -0.1) is 0 Å². The van der Waals surface area contributed by atoms with Crippen molar-refractivity contribution in [3.63, 3.8) is 0 Å². The van der Waals surface area contributed by atoms with E-state index in [1.165, 1.54) is 0 Å². The van der Waals surface area contributed by atoms with Gasteiger partial charge >= 0.3 is 0 Å². The van der Waals surface area contributed by atoms with Crippen LogP contribution < -0.4 is 10.1 Å². The summed E-state index contributed by atoms with van der Waals surface area (Å²) in [7, 11) is 1.65. The summed E-state index contributed by atoms with van der Waals surface area (Å²) in [5, 5.41) is 12.2. The van der Waals surface area contributed by atoms with Crippen molar-refractivity contribution in [2.45, 2.75) is 26.8 Å². The lowest BCUT2D eigenvalue weighted by molar-refractivity contribution is 0.407. The maximum Gasteiger partial charge on any atom is 0.123 e. The van der Waals surface area contributed by atoms with Crippen molar-refractivity contribution in [3.8, 4) is 11.8 Å². The SMILES string of the molecule is COc1ccc(C#N)cc1CNCCC(C)C. The van der Waals surface area contributed by atoms with Crippen LogP contribution in [0.5, 0.6) is 5.75 Å². The largest absolute Gasteiger partial charge is 0.496 e. The summed E-state index contributed by atoms with van der Waals surface area (Å²) in [4.78, 5) is 0. The first-order valence-corrected chi connectivity index (χ1v) is 5.95. The fraction of sp³-hybridized carbons (Fsp3) is 0.500. The minimum Gasteiger partial charge on any atom is -0.496 e. The monoisotopic (exact) mass is 232 g/mol. The molecule has 1 aromatic carbocycles. The summed E-state index contributed by atoms with van der Waals surface area (Å²) >= 11 is 0. The molecule has 92 valence electrons. The Morgan fingerprint density at radius 3 is 2.76 bits per heavy atom. The van der Waals surface area contributed by atoms with Gasteiger partial charge in [0.25, 0.3) is 0 Å². The number of nitrogens with one attached hydrogen (secondary N) is 1. The molecular formula is C14H20N2O. The molecule has 17 heavy (non-hydrogen) atoms. The number of hydrogen-bond acceptors (Lipinski definition) is 3. The molecule has 1 N–H and O–H groups in total. The zero-order chi connectivity index (χ0) is 12.7. The molecule has 0 aliphatic carbocycles. The highest BCUT2D eigenvalue weighted by atomic mass is 16.5. The fourth-order valence-electron chi connectivity index (χ4n) is 1.60. The van der Waals surface area contributed by atoms with Crippen LogP contribution in [0.25, 0.3) is 0 Å². The van der Waals surface area contributed by atoms with E-state index in [-0.39, 0.29) is 0 Å². The molecule has 0 aliphatic heterocycles. The van der Waals surface area contributed by atoms with E-state index in [9.17, 15) is 0 Å². The molecule has 3 heteroatoms. The van der Waals surface area contributed by atoms with Gasteiger partial charge in [-0.2, -0.15) is 5.26 Å². The van der Waals surface area contributed by atoms with Crippen molar-refractivity contribution in [3.05, 3.63) is 29.3 Å². The van der Waals surface area contributed by atoms with Crippen LogP contribution in [0.2, 0.25) is 0 Å². The Bertz CT molecular complexity index is 394. The van der Waals surface area contributed by atoms with Crippen LogP contribution >= 0.6 is 0 Å². The summed E-state index contributed by atoms with van der Waals surface area (Å²) in [6.45, 7) is 6.14. The summed E-state index contributed by atoms with van der Waals surface area (Å²) < 4.78 is 5.27. The number of rotatable bonds is 6. The molecule has 0 bridgehead atoms. The van der Waals surface area contributed by atoms with Gasteiger partial charge in [0.1, 0.15) is 5.75 Å². The van der Waals surface area contributed by atoms with Crippen LogP contribution in [-0.4, -0.2) is 13.7 Å². The number of benzene rings is 1. The molecule has 0 spiro atoms. The molecule has 0 atom stereocenters. The smallest absolute Gasteiger partial charge is 0.123 e. The molecule has 0 aromatic heterocycles. The van der Waals surface area contributed by atoms with Gasteiger partial charge in [-0.05, 0) is 37.1 Å². The van der Waals surface area contributed by atoms with Crippen molar-refractivity contribution in [1.29, 1.82) is 5.26 Å². The third kappa shape index (κ3) is 4.46. The highest BCUT2D eigenvalue weighted by molar-refractivity contribution is 5.41. The first kappa shape index (κ1) is 13.5. The number of methoxy groups -OCH3 is 1. The molecule has 0 saturated heterocycles. The Labute approximate surface area is 103 Å². The molecule has 3 nitrogen and oxygen atoms in total. The van der Waals surface area contributed by atoms with E-state index in [1.807, 2.05) is 12.1 Å². The normalized spacial score (nSPS) is 10.3. The fourth-order valence-corrected chi connectivity index (χ4v) is 1.60. The first-order valence-electron chi connectivity index (χ1n) is 5.95. The topological polar surface area (TPSA) is 45.0 Å². The molecular weight excluding hydrogens is 212 g/mol. The lowest BCUT2D eigenvalue weighted by Gasteiger charge is -2.10. The van der Waals surface area contributed by atoms with Crippen molar-refractivity contribution in [1.82, 2.24) is 5.32 Å². The quantitative estimate of drug-likeness (QED) is 0.767. The van der Waals surface area contributed by atoms with Crippen molar-refractivity contribution in [2.24, 2.45) is 5.92 Å². The van der Waals surface area contributed by atoms with E-state index >= 15 is 0 Å². The van der Waals surface area contributed by atoms with Gasteiger partial charge in [-0.25, -0.2) is 0 Å². The second-order valence-electron chi connectivity index (χ2n) is 4.50. The van der Waals surface area contributed by atoms with Gasteiger partial charge in [0.15, 0.2) is 0 Å². The van der Waals surface area contributed by atoms with Crippen molar-refractivity contribution < 1.29 is 4.74 Å². The van der Waals surface area contributed by atoms with Crippen molar-refractivity contribution in [2.75, 3.05) is 13.7 Å². The maximum atomic E-state index is 8.86. The second kappa shape index (κ2) is 6.93. The first-order chi connectivity index (χ1) is 8.17. The van der Waals surface area contributed by atoms with E-state index < -0.39 is 0 Å². The Balaban J connectivity index is 2.59. The molecule has 0 radical (unpaired) electrons. The molecule has 0 aliphatic rings. The summed E-state index contributed by atoms with van der Waals surface area (Å²) in [5.41, 5.74) is 1.71. The van der Waals surface area contributed by atoms with Gasteiger partial charge in [0.05, 0.1) is 18.7 Å². The average Bonchev–Trinajstić information content (AvgIpc) is 2.34. The van der Waals surface area contributed by atoms with Crippen molar-refractivity contribution >= 4 is 0 Å². The Kier molecular flexibility index (Phi) is 5.51. The highest BCUT2D eigenvalue weighted by Gasteiger charge is 2.04. The third-order valence-electron chi connectivity index (χ3n) is 2.62. The van der Waals surface area contributed by atoms with Crippen LogP contribution in [0.3, 0.4) is 0 Å². The standard InChI is InChI=1S/C14H20N2O/c1-11(2)6-7-16-10-13-8-12(9-15)4-5-14(13)17-3/h4-5,8,11,16H,6-7,10H2,1-3H3. The lowest BCUT2D eigenvalue weighted by Crippen LogP contribution is -2.16. The molecule has 0 saturated carbocycles. The molecule has 0 unspecified atom stereocenters. The predicted molar refractivity (Wildman–Crippen MR) is 68.9 cm³/mol. The van der Waals surface area contributed by atoms with Crippen LogP contribution in [-0.2, 0) is 6.54 Å². The number of hydrogen-bond donors (Lipinski definition) is 1. The van der Waals surface area contributed by atoms with Gasteiger partial charge in [-0.3, -0.25) is 0 Å². The highest BCUT2D eigenvalue weighted by Crippen LogP contribution is 2.19. The lowest BCUT2D eigenvalue weighted by atomic mass is 10.1. The van der Waals surface area contributed by atoms with Gasteiger partial charge < -0.3 is 10.1 Å². The van der Waals surface area contributed by atoms with Gasteiger partial charge in [0.2, 0.25) is 0 Å². The van der Waals surface area contributed by atoms with Crippen LogP contribution in [0.1, 0.15) is 31.4 Å². The minimum absolute atomic E-state index is 0.673. The van der Waals surface area contributed by atoms with Crippen LogP contribution in [0.15, 0.2) is 18.2 Å². The maximum absolute atomic E-state index is 8.86. The predicted octanol–water partition coefficient (Wildman–Crippen LogP) is 2.70. The third-order valence-corrected chi connectivity index (χ3v) is 2.62. The summed E-state index contributed by atoms with van der Waals surface area (Å²) in [6.07, 6.45) is 1.15.